The van der Waals surface area contributed by atoms with E-state index in [4.69, 9.17) is 9.47 Å². The second-order valence-corrected chi connectivity index (χ2v) is 7.74. The maximum atomic E-state index is 5.42. The van der Waals surface area contributed by atoms with E-state index in [1.807, 2.05) is 13.1 Å². The summed E-state index contributed by atoms with van der Waals surface area (Å²) in [5, 5.41) is 7.90. The van der Waals surface area contributed by atoms with Crippen molar-refractivity contribution in [3.63, 3.8) is 0 Å². The summed E-state index contributed by atoms with van der Waals surface area (Å²) in [5.74, 6) is 3.58. The molecule has 0 amide bonds. The molecule has 1 saturated heterocycles. The van der Waals surface area contributed by atoms with Gasteiger partial charge in [0.1, 0.15) is 11.5 Å². The third-order valence-corrected chi connectivity index (χ3v) is 5.92. The van der Waals surface area contributed by atoms with Crippen LogP contribution in [0.5, 0.6) is 11.5 Å². The van der Waals surface area contributed by atoms with Crippen molar-refractivity contribution < 1.29 is 9.47 Å². The van der Waals surface area contributed by atoms with Crippen molar-refractivity contribution in [3.05, 3.63) is 46.2 Å². The molecule has 2 unspecified atom stereocenters. The Balaban J connectivity index is 1.62. The predicted molar refractivity (Wildman–Crippen MR) is 113 cm³/mol. The molecule has 6 heteroatoms. The van der Waals surface area contributed by atoms with Gasteiger partial charge in [0.2, 0.25) is 0 Å². The van der Waals surface area contributed by atoms with Crippen molar-refractivity contribution in [2.24, 2.45) is 4.99 Å². The van der Waals surface area contributed by atoms with Crippen LogP contribution in [0, 0.1) is 0 Å². The van der Waals surface area contributed by atoms with Crippen LogP contribution < -0.4 is 14.8 Å². The standard InChI is InChI=1S/C21H29N3O2S/c1-15(17-6-8-27-14-17)12-23-21(22-2)24-7-5-16(13-24)18-9-19(25-3)11-20(10-18)26-4/h6,8-11,14-16H,5,7,12-13H2,1-4H3,(H,22,23). The molecule has 5 nitrogen and oxygen atoms in total. The average Bonchev–Trinajstić information content (AvgIpc) is 3.40. The third-order valence-electron chi connectivity index (χ3n) is 5.22. The Hall–Kier alpha value is -2.21. The number of aliphatic imine (C=N–C) groups is 1. The molecule has 2 atom stereocenters. The molecular formula is C21H29N3O2S. The van der Waals surface area contributed by atoms with E-state index in [0.717, 1.165) is 43.5 Å². The van der Waals surface area contributed by atoms with Gasteiger partial charge in [-0.05, 0) is 52.4 Å². The number of ether oxygens (including phenoxy) is 2. The Morgan fingerprint density at radius 1 is 1.30 bits per heavy atom. The van der Waals surface area contributed by atoms with Crippen LogP contribution in [0.3, 0.4) is 0 Å². The van der Waals surface area contributed by atoms with Gasteiger partial charge >= 0.3 is 0 Å². The molecule has 0 saturated carbocycles. The zero-order valence-electron chi connectivity index (χ0n) is 16.6. The van der Waals surface area contributed by atoms with Gasteiger partial charge in [0, 0.05) is 38.7 Å². The van der Waals surface area contributed by atoms with Crippen molar-refractivity contribution in [1.29, 1.82) is 0 Å². The minimum absolute atomic E-state index is 0.446. The number of benzene rings is 1. The average molecular weight is 388 g/mol. The first-order chi connectivity index (χ1) is 13.1. The van der Waals surface area contributed by atoms with Gasteiger partial charge in [0.25, 0.3) is 0 Å². The van der Waals surface area contributed by atoms with Crippen LogP contribution in [0.25, 0.3) is 0 Å². The number of nitrogens with one attached hydrogen (secondary N) is 1. The molecule has 0 bridgehead atoms. The summed E-state index contributed by atoms with van der Waals surface area (Å²) in [6.45, 7) is 5.08. The van der Waals surface area contributed by atoms with Gasteiger partial charge in [0.05, 0.1) is 14.2 Å². The quantitative estimate of drug-likeness (QED) is 0.603. The summed E-state index contributed by atoms with van der Waals surface area (Å²) in [4.78, 5) is 6.85. The number of guanidine groups is 1. The highest BCUT2D eigenvalue weighted by molar-refractivity contribution is 7.07. The first kappa shape index (κ1) is 19.5. The Morgan fingerprint density at radius 3 is 2.63 bits per heavy atom. The SMILES string of the molecule is CN=C(NCC(C)c1ccsc1)N1CCC(c2cc(OC)cc(OC)c2)C1. The van der Waals surface area contributed by atoms with Crippen LogP contribution in [-0.2, 0) is 0 Å². The van der Waals surface area contributed by atoms with E-state index in [9.17, 15) is 0 Å². The summed E-state index contributed by atoms with van der Waals surface area (Å²) in [7, 11) is 5.25. The van der Waals surface area contributed by atoms with E-state index < -0.39 is 0 Å². The van der Waals surface area contributed by atoms with Crippen LogP contribution in [0.1, 0.15) is 36.3 Å². The number of thiophene rings is 1. The Morgan fingerprint density at radius 2 is 2.04 bits per heavy atom. The molecule has 1 N–H and O–H groups in total. The third kappa shape index (κ3) is 4.75. The van der Waals surface area contributed by atoms with Gasteiger partial charge in [-0.2, -0.15) is 11.3 Å². The molecule has 0 aliphatic carbocycles. The minimum atomic E-state index is 0.446. The lowest BCUT2D eigenvalue weighted by atomic mass is 9.98. The van der Waals surface area contributed by atoms with Gasteiger partial charge in [-0.15, -0.1) is 0 Å². The van der Waals surface area contributed by atoms with Crippen molar-refractivity contribution in [2.75, 3.05) is 40.9 Å². The fourth-order valence-electron chi connectivity index (χ4n) is 3.54. The smallest absolute Gasteiger partial charge is 0.193 e. The van der Waals surface area contributed by atoms with E-state index in [1.54, 1.807) is 25.6 Å². The topological polar surface area (TPSA) is 46.1 Å². The molecular weight excluding hydrogens is 358 g/mol. The van der Waals surface area contributed by atoms with Crippen LogP contribution in [-0.4, -0.2) is 51.8 Å². The maximum absolute atomic E-state index is 5.42. The van der Waals surface area contributed by atoms with E-state index in [1.165, 1.54) is 11.1 Å². The van der Waals surface area contributed by atoms with E-state index in [2.05, 4.69) is 51.1 Å². The molecule has 1 aromatic heterocycles. The van der Waals surface area contributed by atoms with Gasteiger partial charge in [-0.3, -0.25) is 4.99 Å². The molecule has 2 heterocycles. The minimum Gasteiger partial charge on any atom is -0.497 e. The molecule has 27 heavy (non-hydrogen) atoms. The first-order valence-electron chi connectivity index (χ1n) is 9.35. The van der Waals surface area contributed by atoms with Crippen molar-refractivity contribution in [3.8, 4) is 11.5 Å². The lowest BCUT2D eigenvalue weighted by molar-refractivity contribution is 0.392. The lowest BCUT2D eigenvalue weighted by Gasteiger charge is -2.23. The number of hydrogen-bond donors (Lipinski definition) is 1. The summed E-state index contributed by atoms with van der Waals surface area (Å²) in [5.41, 5.74) is 2.64. The normalized spacial score (nSPS) is 18.4. The Bertz CT molecular complexity index is 739. The Labute approximate surface area is 166 Å². The molecule has 0 spiro atoms. The summed E-state index contributed by atoms with van der Waals surface area (Å²) < 4.78 is 10.8. The molecule has 0 radical (unpaired) electrons. The number of nitrogens with zero attached hydrogens (tertiary/aromatic N) is 2. The van der Waals surface area contributed by atoms with Crippen LogP contribution in [0.4, 0.5) is 0 Å². The van der Waals surface area contributed by atoms with E-state index in [-0.39, 0.29) is 0 Å². The van der Waals surface area contributed by atoms with Gasteiger partial charge in [-0.25, -0.2) is 0 Å². The lowest BCUT2D eigenvalue weighted by Crippen LogP contribution is -2.41. The molecule has 1 fully saturated rings. The Kier molecular flexibility index (Phi) is 6.61. The second-order valence-electron chi connectivity index (χ2n) is 6.96. The van der Waals surface area contributed by atoms with E-state index in [0.29, 0.717) is 11.8 Å². The van der Waals surface area contributed by atoms with E-state index >= 15 is 0 Å². The highest BCUT2D eigenvalue weighted by Gasteiger charge is 2.27. The number of hydrogen-bond acceptors (Lipinski definition) is 4. The monoisotopic (exact) mass is 387 g/mol. The number of likely N-dealkylation sites (tertiary alicyclic amines) is 1. The van der Waals surface area contributed by atoms with Gasteiger partial charge in [0.15, 0.2) is 5.96 Å². The largest absolute Gasteiger partial charge is 0.497 e. The summed E-state index contributed by atoms with van der Waals surface area (Å²) in [6.07, 6.45) is 1.09. The molecule has 2 aromatic rings. The van der Waals surface area contributed by atoms with Crippen molar-refractivity contribution in [1.82, 2.24) is 10.2 Å². The number of methoxy groups -OCH3 is 2. The van der Waals surface area contributed by atoms with Gasteiger partial charge in [-0.1, -0.05) is 6.92 Å². The summed E-state index contributed by atoms with van der Waals surface area (Å²) >= 11 is 1.75. The molecule has 146 valence electrons. The highest BCUT2D eigenvalue weighted by atomic mass is 32.1. The summed E-state index contributed by atoms with van der Waals surface area (Å²) in [6, 6.07) is 8.35. The molecule has 3 rings (SSSR count). The highest BCUT2D eigenvalue weighted by Crippen LogP contribution is 2.33. The fraction of sp³-hybridized carbons (Fsp3) is 0.476. The predicted octanol–water partition coefficient (Wildman–Crippen LogP) is 3.93. The van der Waals surface area contributed by atoms with Crippen molar-refractivity contribution in [2.45, 2.75) is 25.2 Å². The zero-order chi connectivity index (χ0) is 19.2. The molecule has 1 aliphatic rings. The fourth-order valence-corrected chi connectivity index (χ4v) is 4.32. The maximum Gasteiger partial charge on any atom is 0.193 e. The number of rotatable bonds is 6. The first-order valence-corrected chi connectivity index (χ1v) is 10.3. The molecule has 1 aromatic carbocycles. The van der Waals surface area contributed by atoms with Crippen LogP contribution in [0.2, 0.25) is 0 Å². The zero-order valence-corrected chi connectivity index (χ0v) is 17.4. The van der Waals surface area contributed by atoms with Crippen LogP contribution in [0.15, 0.2) is 40.0 Å². The molecule has 1 aliphatic heterocycles. The van der Waals surface area contributed by atoms with Gasteiger partial charge < -0.3 is 19.7 Å². The van der Waals surface area contributed by atoms with Crippen LogP contribution >= 0.6 is 11.3 Å². The second kappa shape index (κ2) is 9.13. The van der Waals surface area contributed by atoms with Crippen molar-refractivity contribution >= 4 is 17.3 Å².